The summed E-state index contributed by atoms with van der Waals surface area (Å²) in [5, 5.41) is 0. The monoisotopic (exact) mass is 320 g/mol. The first kappa shape index (κ1) is 14.3. The average molecular weight is 321 g/mol. The van der Waals surface area contributed by atoms with E-state index in [4.69, 9.17) is 0 Å². The van der Waals surface area contributed by atoms with E-state index in [-0.39, 0.29) is 4.47 Å². The molecule has 0 saturated heterocycles. The molecule has 0 atom stereocenters. The lowest BCUT2D eigenvalue weighted by atomic mass is 10.1. The summed E-state index contributed by atoms with van der Waals surface area (Å²) in [5.41, 5.74) is 3.04. The summed E-state index contributed by atoms with van der Waals surface area (Å²) in [6.07, 6.45) is -4.33. The largest absolute Gasteiger partial charge is 0.417 e. The highest BCUT2D eigenvalue weighted by Gasteiger charge is 2.32. The molecule has 0 amide bonds. The quantitative estimate of drug-likeness (QED) is 0.480. The van der Waals surface area contributed by atoms with Crippen molar-refractivity contribution in [2.75, 3.05) is 0 Å². The highest BCUT2D eigenvalue weighted by molar-refractivity contribution is 9.10. The molecule has 0 aromatic heterocycles. The van der Waals surface area contributed by atoms with Crippen LogP contribution in [0, 0.1) is 11.5 Å². The van der Waals surface area contributed by atoms with Crippen LogP contribution in [0.2, 0.25) is 19.6 Å². The zero-order chi connectivity index (χ0) is 13.3. The molecular weight excluding hydrogens is 309 g/mol. The van der Waals surface area contributed by atoms with Crippen molar-refractivity contribution in [3.05, 3.63) is 33.8 Å². The molecule has 92 valence electrons. The van der Waals surface area contributed by atoms with Gasteiger partial charge in [-0.05, 0) is 18.2 Å². The fourth-order valence-corrected chi connectivity index (χ4v) is 2.21. The van der Waals surface area contributed by atoms with Crippen LogP contribution in [-0.4, -0.2) is 8.07 Å². The van der Waals surface area contributed by atoms with Crippen molar-refractivity contribution in [3.8, 4) is 11.5 Å². The third-order valence-corrected chi connectivity index (χ3v) is 3.39. The SMILES string of the molecule is C[Si](C)(C)C#Cc1ccc(C(F)(F)F)c(Br)c1. The molecule has 0 saturated carbocycles. The van der Waals surface area contributed by atoms with Gasteiger partial charge in [0.15, 0.2) is 0 Å². The Balaban J connectivity index is 3.09. The Morgan fingerprint density at radius 3 is 2.18 bits per heavy atom. The second-order valence-electron chi connectivity index (χ2n) is 4.69. The van der Waals surface area contributed by atoms with Gasteiger partial charge in [-0.2, -0.15) is 13.2 Å². The fourth-order valence-electron chi connectivity index (χ4n) is 1.08. The van der Waals surface area contributed by atoms with Crippen molar-refractivity contribution in [1.29, 1.82) is 0 Å². The summed E-state index contributed by atoms with van der Waals surface area (Å²) in [4.78, 5) is 0. The zero-order valence-corrected chi connectivity index (χ0v) is 12.3. The van der Waals surface area contributed by atoms with Crippen LogP contribution in [0.5, 0.6) is 0 Å². The lowest BCUT2D eigenvalue weighted by molar-refractivity contribution is -0.138. The van der Waals surface area contributed by atoms with Crippen molar-refractivity contribution in [1.82, 2.24) is 0 Å². The van der Waals surface area contributed by atoms with Crippen molar-refractivity contribution in [3.63, 3.8) is 0 Å². The Bertz CT molecular complexity index is 475. The van der Waals surface area contributed by atoms with Gasteiger partial charge < -0.3 is 0 Å². The first-order valence-corrected chi connectivity index (χ1v) is 9.29. The molecule has 0 heterocycles. The molecule has 0 bridgehead atoms. The van der Waals surface area contributed by atoms with Crippen molar-refractivity contribution >= 4 is 24.0 Å². The highest BCUT2D eigenvalue weighted by atomic mass is 79.9. The Labute approximate surface area is 108 Å². The minimum Gasteiger partial charge on any atom is -0.166 e. The van der Waals surface area contributed by atoms with E-state index in [9.17, 15) is 13.2 Å². The molecule has 0 fully saturated rings. The van der Waals surface area contributed by atoms with Crippen LogP contribution in [0.3, 0.4) is 0 Å². The number of alkyl halides is 3. The zero-order valence-electron chi connectivity index (χ0n) is 9.74. The van der Waals surface area contributed by atoms with Crippen LogP contribution in [0.1, 0.15) is 11.1 Å². The third-order valence-electron chi connectivity index (χ3n) is 1.86. The number of benzene rings is 1. The van der Waals surface area contributed by atoms with Gasteiger partial charge in [0.1, 0.15) is 8.07 Å². The Morgan fingerprint density at radius 2 is 1.76 bits per heavy atom. The normalized spacial score (nSPS) is 11.9. The number of hydrogen-bond acceptors (Lipinski definition) is 0. The lowest BCUT2D eigenvalue weighted by Gasteiger charge is -2.09. The van der Waals surface area contributed by atoms with Gasteiger partial charge in [0.05, 0.1) is 5.56 Å². The van der Waals surface area contributed by atoms with Crippen molar-refractivity contribution < 1.29 is 13.2 Å². The van der Waals surface area contributed by atoms with Crippen LogP contribution in [0.15, 0.2) is 22.7 Å². The number of hydrogen-bond donors (Lipinski definition) is 0. The smallest absolute Gasteiger partial charge is 0.166 e. The van der Waals surface area contributed by atoms with E-state index >= 15 is 0 Å². The molecule has 0 spiro atoms. The van der Waals surface area contributed by atoms with E-state index in [1.807, 2.05) is 0 Å². The van der Waals surface area contributed by atoms with E-state index in [2.05, 4.69) is 47.0 Å². The van der Waals surface area contributed by atoms with E-state index in [0.29, 0.717) is 5.56 Å². The number of halogens is 4. The molecule has 1 aromatic carbocycles. The van der Waals surface area contributed by atoms with Gasteiger partial charge in [-0.1, -0.05) is 41.5 Å². The van der Waals surface area contributed by atoms with Crippen LogP contribution < -0.4 is 0 Å². The maximum Gasteiger partial charge on any atom is 0.417 e. The van der Waals surface area contributed by atoms with Crippen LogP contribution in [0.25, 0.3) is 0 Å². The molecule has 0 unspecified atom stereocenters. The standard InChI is InChI=1S/C12H12BrF3Si/c1-17(2,3)7-6-9-4-5-10(11(13)8-9)12(14,15)16/h4-5,8H,1-3H3. The predicted molar refractivity (Wildman–Crippen MR) is 69.4 cm³/mol. The van der Waals surface area contributed by atoms with Gasteiger partial charge in [-0.25, -0.2) is 0 Å². The molecule has 0 nitrogen and oxygen atoms in total. The summed E-state index contributed by atoms with van der Waals surface area (Å²) in [7, 11) is -1.51. The second kappa shape index (κ2) is 4.87. The molecule has 1 rings (SSSR count). The molecule has 1 aromatic rings. The van der Waals surface area contributed by atoms with Crippen molar-refractivity contribution in [2.45, 2.75) is 25.8 Å². The molecule has 17 heavy (non-hydrogen) atoms. The van der Waals surface area contributed by atoms with Crippen LogP contribution >= 0.6 is 15.9 Å². The summed E-state index contributed by atoms with van der Waals surface area (Å²) in [6, 6.07) is 3.87. The van der Waals surface area contributed by atoms with Crippen molar-refractivity contribution in [2.24, 2.45) is 0 Å². The van der Waals surface area contributed by atoms with E-state index in [0.717, 1.165) is 6.07 Å². The van der Waals surface area contributed by atoms with Gasteiger partial charge in [0.2, 0.25) is 0 Å². The second-order valence-corrected chi connectivity index (χ2v) is 10.3. The van der Waals surface area contributed by atoms with Gasteiger partial charge in [-0.3, -0.25) is 0 Å². The summed E-state index contributed by atoms with van der Waals surface area (Å²) in [6.45, 7) is 6.25. The van der Waals surface area contributed by atoms with Gasteiger partial charge in [0.25, 0.3) is 0 Å². The molecule has 0 aliphatic heterocycles. The Kier molecular flexibility index (Phi) is 4.10. The first-order valence-electron chi connectivity index (χ1n) is 4.99. The summed E-state index contributed by atoms with van der Waals surface area (Å²) >= 11 is 2.93. The average Bonchev–Trinajstić information content (AvgIpc) is 2.11. The van der Waals surface area contributed by atoms with Crippen LogP contribution in [-0.2, 0) is 6.18 Å². The molecule has 0 N–H and O–H groups in total. The Morgan fingerprint density at radius 1 is 1.18 bits per heavy atom. The first-order chi connectivity index (χ1) is 7.59. The molecule has 0 radical (unpaired) electrons. The topological polar surface area (TPSA) is 0 Å². The fraction of sp³-hybridized carbons (Fsp3) is 0.333. The van der Waals surface area contributed by atoms with E-state index in [1.54, 1.807) is 0 Å². The Hall–Kier alpha value is -0.733. The maximum absolute atomic E-state index is 12.5. The van der Waals surface area contributed by atoms with Gasteiger partial charge >= 0.3 is 6.18 Å². The summed E-state index contributed by atoms with van der Waals surface area (Å²) < 4.78 is 37.5. The van der Waals surface area contributed by atoms with Gasteiger partial charge in [0, 0.05) is 10.0 Å². The van der Waals surface area contributed by atoms with Gasteiger partial charge in [-0.15, -0.1) is 5.54 Å². The maximum atomic E-state index is 12.5. The number of rotatable bonds is 0. The van der Waals surface area contributed by atoms with E-state index in [1.165, 1.54) is 12.1 Å². The molecule has 0 aliphatic rings. The highest BCUT2D eigenvalue weighted by Crippen LogP contribution is 2.34. The molecule has 5 heteroatoms. The molecular formula is C12H12BrF3Si. The minimum absolute atomic E-state index is 0.0346. The molecule has 0 aliphatic carbocycles. The minimum atomic E-state index is -4.33. The summed E-state index contributed by atoms with van der Waals surface area (Å²) in [5.74, 6) is 2.92. The predicted octanol–water partition coefficient (Wildman–Crippen LogP) is 4.70. The van der Waals surface area contributed by atoms with E-state index < -0.39 is 19.8 Å². The third kappa shape index (κ3) is 4.56. The lowest BCUT2D eigenvalue weighted by Crippen LogP contribution is -2.16. The van der Waals surface area contributed by atoms with Crippen LogP contribution in [0.4, 0.5) is 13.2 Å².